The van der Waals surface area contributed by atoms with Crippen LogP contribution in [0.3, 0.4) is 0 Å². The maximum absolute atomic E-state index is 14.2. The van der Waals surface area contributed by atoms with E-state index in [0.29, 0.717) is 36.9 Å². The van der Waals surface area contributed by atoms with Gasteiger partial charge in [-0.05, 0) is 74.4 Å². The normalized spacial score (nSPS) is 17.9. The number of imidazole rings is 1. The Morgan fingerprint density at radius 3 is 2.73 bits per heavy atom. The van der Waals surface area contributed by atoms with Crippen LogP contribution in [0.5, 0.6) is 5.75 Å². The molecule has 4 aromatic rings. The van der Waals surface area contributed by atoms with E-state index in [1.807, 2.05) is 30.0 Å². The Hall–Kier alpha value is -3.76. The fraction of sp³-hybridized carbons (Fsp3) is 0.433. The number of carbonyl (C=O) groups is 1. The number of benzene rings is 2. The van der Waals surface area contributed by atoms with E-state index in [4.69, 9.17) is 4.98 Å². The molecule has 2 aliphatic rings. The van der Waals surface area contributed by atoms with Crippen molar-refractivity contribution in [1.29, 1.82) is 0 Å². The van der Waals surface area contributed by atoms with E-state index in [1.165, 1.54) is 12.1 Å². The number of aromatic amines is 2. The number of carbonyl (C=O) groups excluding carboxylic acids is 1. The molecule has 4 heterocycles. The molecule has 210 valence electrons. The number of aromatic nitrogens is 4. The Labute approximate surface area is 233 Å². The third-order valence-electron chi connectivity index (χ3n) is 8.40. The number of halogens is 1. The molecule has 6 rings (SSSR count). The van der Waals surface area contributed by atoms with Gasteiger partial charge in [-0.15, -0.1) is 0 Å². The largest absolute Gasteiger partial charge is 0.505 e. The van der Waals surface area contributed by atoms with Gasteiger partial charge in [-0.3, -0.25) is 14.8 Å². The first-order chi connectivity index (χ1) is 19.3. The van der Waals surface area contributed by atoms with Crippen LogP contribution in [0.4, 0.5) is 4.39 Å². The Kier molecular flexibility index (Phi) is 6.83. The molecule has 0 saturated carbocycles. The van der Waals surface area contributed by atoms with Crippen molar-refractivity contribution >= 4 is 16.8 Å². The lowest BCUT2D eigenvalue weighted by Crippen LogP contribution is -2.63. The molecule has 1 atom stereocenters. The monoisotopic (exact) mass is 545 g/mol. The van der Waals surface area contributed by atoms with Crippen LogP contribution >= 0.6 is 0 Å². The van der Waals surface area contributed by atoms with Crippen molar-refractivity contribution in [2.24, 2.45) is 0 Å². The van der Waals surface area contributed by atoms with E-state index in [0.717, 1.165) is 65.0 Å². The van der Waals surface area contributed by atoms with E-state index in [-0.39, 0.29) is 17.7 Å². The fourth-order valence-corrected chi connectivity index (χ4v) is 5.95. The topological polar surface area (TPSA) is 104 Å². The zero-order valence-electron chi connectivity index (χ0n) is 23.5. The van der Waals surface area contributed by atoms with Gasteiger partial charge in [0, 0.05) is 37.5 Å². The number of phenols is 1. The average molecular weight is 546 g/mol. The van der Waals surface area contributed by atoms with Crippen molar-refractivity contribution in [2.75, 3.05) is 33.7 Å². The predicted octanol–water partition coefficient (Wildman–Crippen LogP) is 3.94. The molecular weight excluding hydrogens is 509 g/mol. The van der Waals surface area contributed by atoms with Crippen molar-refractivity contribution in [3.05, 3.63) is 53.1 Å². The summed E-state index contributed by atoms with van der Waals surface area (Å²) < 4.78 is 14.2. The molecule has 2 aromatic heterocycles. The Morgan fingerprint density at radius 1 is 1.20 bits per heavy atom. The molecule has 0 unspecified atom stereocenters. The van der Waals surface area contributed by atoms with E-state index >= 15 is 0 Å². The second-order valence-electron chi connectivity index (χ2n) is 11.2. The molecule has 9 nitrogen and oxygen atoms in total. The Morgan fingerprint density at radius 2 is 2.00 bits per heavy atom. The zero-order chi connectivity index (χ0) is 28.1. The number of likely N-dealkylation sites (tertiary alicyclic amines) is 1. The lowest BCUT2D eigenvalue weighted by molar-refractivity contribution is -0.144. The number of rotatable bonds is 7. The molecule has 2 aliphatic heterocycles. The van der Waals surface area contributed by atoms with Crippen LogP contribution in [0, 0.1) is 5.82 Å². The summed E-state index contributed by atoms with van der Waals surface area (Å²) in [6, 6.07) is 8.96. The zero-order valence-corrected chi connectivity index (χ0v) is 23.5. The number of hydrogen-bond donors (Lipinski definition) is 3. The highest BCUT2D eigenvalue weighted by molar-refractivity contribution is 5.94. The summed E-state index contributed by atoms with van der Waals surface area (Å²) in [5, 5.41) is 18.4. The predicted molar refractivity (Wildman–Crippen MR) is 152 cm³/mol. The van der Waals surface area contributed by atoms with Crippen molar-refractivity contribution < 1.29 is 14.3 Å². The second-order valence-corrected chi connectivity index (χ2v) is 11.2. The third kappa shape index (κ3) is 4.54. The van der Waals surface area contributed by atoms with Crippen LogP contribution in [0.2, 0.25) is 0 Å². The molecule has 1 amide bonds. The standard InChI is InChI=1S/C30H36FN7O2/c1-5-9-37-16-25-24(13-26(37)30(40)38-14-19(15-38)36(3)4)32-29(33-25)28-20-8-7-18(10-23(20)34-35-28)21-12-22(31)27(39)11-17(21)6-2/h7-8,10-12,19,26,39H,5-6,9,13-16H2,1-4H3,(H,32,33)(H,34,35)/t26-/m0/s1. The first kappa shape index (κ1) is 26.5. The first-order valence-electron chi connectivity index (χ1n) is 14.0. The van der Waals surface area contributed by atoms with Crippen LogP contribution in [0.15, 0.2) is 30.3 Å². The molecule has 0 bridgehead atoms. The van der Waals surface area contributed by atoms with Gasteiger partial charge in [-0.2, -0.15) is 5.10 Å². The van der Waals surface area contributed by atoms with Gasteiger partial charge in [0.1, 0.15) is 5.69 Å². The molecule has 10 heteroatoms. The van der Waals surface area contributed by atoms with Gasteiger partial charge in [0.2, 0.25) is 5.91 Å². The molecule has 0 aliphatic carbocycles. The number of amides is 1. The van der Waals surface area contributed by atoms with Crippen molar-refractivity contribution in [2.45, 2.75) is 51.7 Å². The maximum atomic E-state index is 14.2. The highest BCUT2D eigenvalue weighted by Crippen LogP contribution is 2.34. The minimum absolute atomic E-state index is 0.191. The summed E-state index contributed by atoms with van der Waals surface area (Å²) in [4.78, 5) is 28.3. The van der Waals surface area contributed by atoms with Crippen LogP contribution in [0.1, 0.15) is 37.2 Å². The minimum Gasteiger partial charge on any atom is -0.505 e. The molecule has 0 radical (unpaired) electrons. The second kappa shape index (κ2) is 10.3. The number of nitrogens with zero attached hydrogens (tertiary/aromatic N) is 5. The van der Waals surface area contributed by atoms with Gasteiger partial charge < -0.3 is 19.9 Å². The maximum Gasteiger partial charge on any atom is 0.240 e. The van der Waals surface area contributed by atoms with Gasteiger partial charge in [-0.25, -0.2) is 9.37 Å². The van der Waals surface area contributed by atoms with Gasteiger partial charge >= 0.3 is 0 Å². The number of fused-ring (bicyclic) bond motifs is 2. The lowest BCUT2D eigenvalue weighted by atomic mass is 9.96. The molecule has 0 spiro atoms. The van der Waals surface area contributed by atoms with E-state index in [1.54, 1.807) is 0 Å². The van der Waals surface area contributed by atoms with Gasteiger partial charge in [0.05, 0.1) is 22.9 Å². The van der Waals surface area contributed by atoms with E-state index in [9.17, 15) is 14.3 Å². The molecule has 3 N–H and O–H groups in total. The number of H-pyrrole nitrogens is 2. The third-order valence-corrected chi connectivity index (χ3v) is 8.40. The molecule has 40 heavy (non-hydrogen) atoms. The number of aryl methyl sites for hydroxylation is 1. The summed E-state index contributed by atoms with van der Waals surface area (Å²) in [5.74, 6) is -0.109. The van der Waals surface area contributed by atoms with Crippen molar-refractivity contribution in [3.63, 3.8) is 0 Å². The number of phenolic OH excluding ortho intramolecular Hbond substituents is 1. The summed E-state index contributed by atoms with van der Waals surface area (Å²) in [6.07, 6.45) is 2.21. The fourth-order valence-electron chi connectivity index (χ4n) is 5.95. The summed E-state index contributed by atoms with van der Waals surface area (Å²) >= 11 is 0. The Balaban J connectivity index is 1.28. The molecule has 1 fully saturated rings. The summed E-state index contributed by atoms with van der Waals surface area (Å²) in [5.41, 5.74) is 5.93. The van der Waals surface area contributed by atoms with Crippen LogP contribution in [0.25, 0.3) is 33.5 Å². The van der Waals surface area contributed by atoms with Crippen molar-refractivity contribution in [1.82, 2.24) is 34.9 Å². The molecule has 2 aromatic carbocycles. The molecule has 1 saturated heterocycles. The highest BCUT2D eigenvalue weighted by atomic mass is 19.1. The SMILES string of the molecule is CCCN1Cc2[nH]c(-c3n[nH]c4cc(-c5cc(F)c(O)cc5CC)ccc34)nc2C[C@H]1C(=O)N1CC(N(C)C)C1. The summed E-state index contributed by atoms with van der Waals surface area (Å²) in [7, 11) is 4.12. The summed E-state index contributed by atoms with van der Waals surface area (Å²) in [6.45, 7) is 7.17. The van der Waals surface area contributed by atoms with Crippen LogP contribution in [-0.4, -0.2) is 91.7 Å². The Bertz CT molecular complexity index is 1570. The van der Waals surface area contributed by atoms with Crippen molar-refractivity contribution in [3.8, 4) is 28.4 Å². The first-order valence-corrected chi connectivity index (χ1v) is 14.0. The number of aromatic hydroxyl groups is 1. The molecular formula is C30H36FN7O2. The number of likely N-dealkylation sites (N-methyl/N-ethyl adjacent to an activating group) is 1. The number of hydrogen-bond acceptors (Lipinski definition) is 6. The smallest absolute Gasteiger partial charge is 0.240 e. The lowest BCUT2D eigenvalue weighted by Gasteiger charge is -2.46. The van der Waals surface area contributed by atoms with Gasteiger partial charge in [-0.1, -0.05) is 19.9 Å². The van der Waals surface area contributed by atoms with Crippen LogP contribution < -0.4 is 0 Å². The van der Waals surface area contributed by atoms with Crippen LogP contribution in [-0.2, 0) is 24.2 Å². The quantitative estimate of drug-likeness (QED) is 0.325. The average Bonchev–Trinajstić information content (AvgIpc) is 3.51. The number of nitrogens with one attached hydrogen (secondary N) is 2. The van der Waals surface area contributed by atoms with Gasteiger partial charge in [0.25, 0.3) is 0 Å². The minimum atomic E-state index is -0.640. The van der Waals surface area contributed by atoms with E-state index in [2.05, 4.69) is 46.0 Å². The highest BCUT2D eigenvalue weighted by Gasteiger charge is 2.40. The van der Waals surface area contributed by atoms with Gasteiger partial charge in [0.15, 0.2) is 17.4 Å². The van der Waals surface area contributed by atoms with E-state index < -0.39 is 5.82 Å².